The van der Waals surface area contributed by atoms with Gasteiger partial charge in [0.25, 0.3) is 11.7 Å². The number of Topliss-reactive ketones (excluding diaryl/α,β-unsaturated/α-hetero) is 1. The number of allylic oxidation sites excluding steroid dienone is 2. The number of hydrogen-bond acceptors (Lipinski definition) is 17. The maximum atomic E-state index is 13.8. The monoisotopic (exact) mass is 1660 g/mol. The van der Waals surface area contributed by atoms with Gasteiger partial charge in [-0.05, 0) is 139 Å². The van der Waals surface area contributed by atoms with Crippen molar-refractivity contribution < 1.29 is 78.1 Å². The van der Waals surface area contributed by atoms with Crippen LogP contribution in [0.5, 0.6) is 0 Å². The largest absolute Gasteiger partial charge is 1.00 e. The summed E-state index contributed by atoms with van der Waals surface area (Å²) in [6.45, 7) is 13.4. The Hall–Kier alpha value is -6.13. The average molecular weight is 1660 g/mol. The van der Waals surface area contributed by atoms with Gasteiger partial charge in [-0.25, -0.2) is 14.4 Å². The molecule has 3 saturated heterocycles. The van der Waals surface area contributed by atoms with Gasteiger partial charge in [0.05, 0.1) is 55.3 Å². The molecule has 552 valence electrons. The number of piperazine rings is 2. The van der Waals surface area contributed by atoms with Gasteiger partial charge in [0.15, 0.2) is 10.3 Å². The van der Waals surface area contributed by atoms with E-state index in [-0.39, 0.29) is 119 Å². The number of halogens is 7. The molecule has 13 rings (SSSR count). The van der Waals surface area contributed by atoms with E-state index in [4.69, 9.17) is 84.3 Å². The van der Waals surface area contributed by atoms with Gasteiger partial charge >= 0.3 is 47.5 Å². The topological polar surface area (TPSA) is 263 Å². The number of ketones is 1. The van der Waals surface area contributed by atoms with E-state index < -0.39 is 11.8 Å². The molecule has 7 heterocycles. The van der Waals surface area contributed by atoms with Crippen LogP contribution in [-0.2, 0) is 38.2 Å². The van der Waals surface area contributed by atoms with Crippen LogP contribution in [0.4, 0.5) is 4.79 Å². The van der Waals surface area contributed by atoms with Gasteiger partial charge < -0.3 is 56.2 Å². The van der Waals surface area contributed by atoms with Crippen LogP contribution in [0.1, 0.15) is 143 Å². The fourth-order valence-corrected chi connectivity index (χ4v) is 16.0. The first-order valence-electron chi connectivity index (χ1n) is 33.9. The average Bonchev–Trinajstić information content (AvgIpc) is 1.62. The first kappa shape index (κ1) is 86.1. The fraction of sp³-hybridized carbons (Fsp3) is 0.347. The van der Waals surface area contributed by atoms with E-state index in [1.807, 2.05) is 159 Å². The number of rotatable bonds is 18. The first-order valence-corrected chi connectivity index (χ1v) is 38.7. The summed E-state index contributed by atoms with van der Waals surface area (Å²) in [5.41, 5.74) is 7.38. The molecule has 0 bridgehead atoms. The molecule has 6 aromatic carbocycles. The molecular weight excluding hydrogens is 1580 g/mol. The number of esters is 2. The van der Waals surface area contributed by atoms with Gasteiger partial charge in [0.1, 0.15) is 23.5 Å². The molecular formula is C75H80BrCl6N10NaO10S2. The number of ether oxygens (including phenoxy) is 2. The molecule has 0 spiro atoms. The summed E-state index contributed by atoms with van der Waals surface area (Å²) in [4.78, 5) is 100. The zero-order valence-corrected chi connectivity index (χ0v) is 68.4. The molecule has 7 aliphatic rings. The number of hydrogen-bond donors (Lipinski definition) is 5. The summed E-state index contributed by atoms with van der Waals surface area (Å²) in [6, 6.07) is 44.7. The van der Waals surface area contributed by atoms with Crippen LogP contribution in [0.2, 0.25) is 30.1 Å². The Kier molecular flexibility index (Phi) is 34.4. The molecule has 6 N–H and O–H groups in total. The molecule has 30 heteroatoms. The van der Waals surface area contributed by atoms with Crippen molar-refractivity contribution >= 4 is 161 Å². The minimum Gasteiger partial charge on any atom is -0.870 e. The van der Waals surface area contributed by atoms with Crippen molar-refractivity contribution in [3.8, 4) is 0 Å². The predicted octanol–water partition coefficient (Wildman–Crippen LogP) is 13.2. The summed E-state index contributed by atoms with van der Waals surface area (Å²) in [6.07, 6.45) is 4.97. The summed E-state index contributed by atoms with van der Waals surface area (Å²) >= 11 is 42.6. The van der Waals surface area contributed by atoms with Crippen molar-refractivity contribution in [1.29, 1.82) is 0 Å². The van der Waals surface area contributed by atoms with Crippen LogP contribution >= 0.6 is 109 Å². The number of carbonyl (C=O) groups excluding carboxylic acids is 7. The predicted molar refractivity (Wildman–Crippen MR) is 418 cm³/mol. The summed E-state index contributed by atoms with van der Waals surface area (Å²) < 4.78 is 9.98. The number of urea groups is 1. The zero-order chi connectivity index (χ0) is 73.9. The number of aliphatic imine (C=N–C) groups is 2. The second-order valence-electron chi connectivity index (χ2n) is 24.1. The zero-order valence-electron chi connectivity index (χ0n) is 58.6. The second-order valence-corrected chi connectivity index (χ2v) is 30.0. The standard InChI is InChI=1S/C25H24Cl2N4O2S.C23H22Cl2N2O2S.C15H12Cl2N2O.C8H13BrO3.C4H8N2O.Na.H2O/c1-2-3-19-23(24(33)30-13-12-28-20(32)14-30)31-22(16-6-10-18(27)11-7-16)21(29-25(31)34-19)15-4-8-17(26)9-5-15;1-3-5-18-21(22(28)29-4-2)27-20(15-8-12-17(25)13-9-15)19(26-23(27)30-18)14-6-10-16(24)11-7-14;16-11-5-1-9(2-6-11)13-14(19-15(20)18-13)10-3-7-12(17)8-4-10;1-3-5-6(9)7(10)8(11)12-4-2;7-4-3-5-1-2-6-4;;/h4-11,21-22H,2-3,12-14H2,1H3,(H,28,32);6-13,19-20H,3-5H2,1-2H3;1-8,13-14H,(H2,18,19,20);6H,3-5H2,1-2H3;5H,1-3H2,(H,6,7);;1H2/q;;;;;+1;/p-1. The first-order chi connectivity index (χ1) is 49.6. The molecule has 6 aromatic rings. The summed E-state index contributed by atoms with van der Waals surface area (Å²) in [5.74, 6) is -1.68. The number of amidine groups is 2. The smallest absolute Gasteiger partial charge is 0.870 e. The van der Waals surface area contributed by atoms with Gasteiger partial charge in [-0.1, -0.05) is 222 Å². The van der Waals surface area contributed by atoms with Crippen molar-refractivity contribution in [3.63, 3.8) is 0 Å². The van der Waals surface area contributed by atoms with Gasteiger partial charge in [0.2, 0.25) is 11.8 Å². The van der Waals surface area contributed by atoms with Gasteiger partial charge in [-0.3, -0.25) is 29.2 Å². The maximum absolute atomic E-state index is 13.8. The van der Waals surface area contributed by atoms with Crippen LogP contribution in [0.25, 0.3) is 0 Å². The van der Waals surface area contributed by atoms with E-state index in [0.717, 1.165) is 98.7 Å². The summed E-state index contributed by atoms with van der Waals surface area (Å²) in [7, 11) is 0. The molecule has 5 amide bonds. The third kappa shape index (κ3) is 22.7. The number of thioether (sulfide) groups is 2. The van der Waals surface area contributed by atoms with E-state index in [1.54, 1.807) is 35.3 Å². The van der Waals surface area contributed by atoms with Crippen LogP contribution in [-0.4, -0.2) is 129 Å². The van der Waals surface area contributed by atoms with E-state index in [2.05, 4.69) is 70.9 Å². The number of amides is 5. The van der Waals surface area contributed by atoms with Crippen molar-refractivity contribution in [3.05, 3.63) is 230 Å². The van der Waals surface area contributed by atoms with Crippen LogP contribution < -0.4 is 56.1 Å². The van der Waals surface area contributed by atoms with Crippen LogP contribution in [0, 0.1) is 0 Å². The minimum atomic E-state index is -0.743. The number of alkyl halides is 1. The van der Waals surface area contributed by atoms with Gasteiger partial charge in [-0.15, -0.1) is 0 Å². The molecule has 20 nitrogen and oxygen atoms in total. The van der Waals surface area contributed by atoms with Crippen molar-refractivity contribution in [2.75, 3.05) is 52.5 Å². The SMILES string of the molecule is CCCC(Br)C(=O)C(=O)OCC.CCCC1=C(C(=O)N2CCNC(=O)C2)N2C(=NC(c3ccc(Cl)cc3)C2c2ccc(Cl)cc2)S1.CCCC1=C(C(=O)OCC)N2C(=NC(c3ccc(Cl)cc3)C2c2ccc(Cl)cc2)S1.O=C1CNCCN1.O=C1NC(c2ccc(Cl)cc2)C(c2ccc(Cl)cc2)N1.[Na+].[OH-]. The number of fused-ring (bicyclic) bond motifs is 2. The van der Waals surface area contributed by atoms with Crippen LogP contribution in [0.3, 0.4) is 0 Å². The number of nitrogens with one attached hydrogen (secondary N) is 5. The third-order valence-electron chi connectivity index (χ3n) is 16.9. The normalized spacial score (nSPS) is 19.9. The number of carbonyl (C=O) groups is 7. The summed E-state index contributed by atoms with van der Waals surface area (Å²) in [5, 5.41) is 19.9. The minimum absolute atomic E-state index is 0. The third-order valence-corrected chi connectivity index (χ3v) is 21.5. The molecule has 0 aliphatic carbocycles. The van der Waals surface area contributed by atoms with E-state index in [1.165, 1.54) is 0 Å². The Balaban J connectivity index is 0.000000198. The molecule has 7 unspecified atom stereocenters. The van der Waals surface area contributed by atoms with E-state index in [9.17, 15) is 33.6 Å². The van der Waals surface area contributed by atoms with Crippen molar-refractivity contribution in [2.24, 2.45) is 9.98 Å². The fourth-order valence-electron chi connectivity index (χ4n) is 12.1. The van der Waals surface area contributed by atoms with Crippen molar-refractivity contribution in [2.45, 2.75) is 114 Å². The van der Waals surface area contributed by atoms with E-state index >= 15 is 0 Å². The molecule has 0 radical (unpaired) electrons. The van der Waals surface area contributed by atoms with Crippen LogP contribution in [0.15, 0.2) is 177 Å². The maximum Gasteiger partial charge on any atom is 1.00 e. The number of benzene rings is 6. The quantitative estimate of drug-likeness (QED) is 0.0232. The molecule has 0 saturated carbocycles. The molecule has 105 heavy (non-hydrogen) atoms. The van der Waals surface area contributed by atoms with Crippen molar-refractivity contribution in [1.82, 2.24) is 41.3 Å². The Morgan fingerprint density at radius 3 is 1.28 bits per heavy atom. The number of nitrogens with zero attached hydrogens (tertiary/aromatic N) is 5. The van der Waals surface area contributed by atoms with Gasteiger partial charge in [0, 0.05) is 66.1 Å². The molecule has 7 aliphatic heterocycles. The molecule has 3 fully saturated rings. The Morgan fingerprint density at radius 1 is 0.524 bits per heavy atom. The second kappa shape index (κ2) is 42.0. The van der Waals surface area contributed by atoms with E-state index in [0.29, 0.717) is 74.2 Å². The molecule has 0 aromatic heterocycles. The Morgan fingerprint density at radius 2 is 0.914 bits per heavy atom. The molecule has 7 atom stereocenters. The Labute approximate surface area is 681 Å². The Bertz CT molecular complexity index is 4070. The van der Waals surface area contributed by atoms with Gasteiger partial charge in [-0.2, -0.15) is 0 Å².